The monoisotopic (exact) mass is 317 g/mol. The highest BCUT2D eigenvalue weighted by atomic mass is 32.2. The fourth-order valence-electron chi connectivity index (χ4n) is 2.07. The molecule has 0 unspecified atom stereocenters. The Hall–Kier alpha value is -1.78. The molecule has 10 heteroatoms. The summed E-state index contributed by atoms with van der Waals surface area (Å²) in [5.41, 5.74) is 5.40. The number of nitrogens with two attached hydrogens (primary N) is 1. The summed E-state index contributed by atoms with van der Waals surface area (Å²) in [7, 11) is -3.94. The van der Waals surface area contributed by atoms with E-state index >= 15 is 0 Å². The van der Waals surface area contributed by atoms with E-state index in [9.17, 15) is 12.8 Å². The summed E-state index contributed by atoms with van der Waals surface area (Å²) in [6.45, 7) is 1.45. The third-order valence-electron chi connectivity index (χ3n) is 3.15. The lowest BCUT2D eigenvalue weighted by atomic mass is 10.3. The van der Waals surface area contributed by atoms with Gasteiger partial charge in [0, 0.05) is 32.4 Å². The molecular formula is C11H16FN5O3S. The first-order chi connectivity index (χ1) is 9.95. The zero-order valence-electron chi connectivity index (χ0n) is 11.2. The SMILES string of the molecule is N/C(CN1CCN(S(=O)(=O)c2ncccc2F)CC1)=N/O. The van der Waals surface area contributed by atoms with Crippen molar-refractivity contribution in [2.45, 2.75) is 5.03 Å². The van der Waals surface area contributed by atoms with Crippen LogP contribution in [0.25, 0.3) is 0 Å². The summed E-state index contributed by atoms with van der Waals surface area (Å²) in [5.74, 6) is -0.807. The molecule has 1 aliphatic heterocycles. The average molecular weight is 317 g/mol. The molecule has 0 amide bonds. The standard InChI is InChI=1S/C11H16FN5O3S/c12-9-2-1-3-14-11(9)21(19,20)17-6-4-16(5-7-17)8-10(13)15-18/h1-3,18H,4-8H2,(H2,13,15). The number of pyridine rings is 1. The topological polar surface area (TPSA) is 112 Å². The summed E-state index contributed by atoms with van der Waals surface area (Å²) in [6, 6.07) is 2.40. The van der Waals surface area contributed by atoms with Gasteiger partial charge in [0.25, 0.3) is 10.0 Å². The highest BCUT2D eigenvalue weighted by Gasteiger charge is 2.31. The highest BCUT2D eigenvalue weighted by molar-refractivity contribution is 7.89. The Balaban J connectivity index is 2.07. The fraction of sp³-hybridized carbons (Fsp3) is 0.455. The number of hydrogen-bond acceptors (Lipinski definition) is 6. The van der Waals surface area contributed by atoms with Crippen LogP contribution in [0.1, 0.15) is 0 Å². The van der Waals surface area contributed by atoms with E-state index in [1.165, 1.54) is 16.6 Å². The number of hydrogen-bond donors (Lipinski definition) is 2. The Morgan fingerprint density at radius 1 is 1.43 bits per heavy atom. The summed E-state index contributed by atoms with van der Waals surface area (Å²) >= 11 is 0. The first kappa shape index (κ1) is 15.6. The van der Waals surface area contributed by atoms with Crippen molar-refractivity contribution in [1.29, 1.82) is 0 Å². The molecule has 0 bridgehead atoms. The first-order valence-electron chi connectivity index (χ1n) is 6.24. The lowest BCUT2D eigenvalue weighted by Gasteiger charge is -2.33. The Labute approximate surface area is 121 Å². The molecule has 2 heterocycles. The van der Waals surface area contributed by atoms with Crippen LogP contribution in [0.3, 0.4) is 0 Å². The average Bonchev–Trinajstić information content (AvgIpc) is 2.48. The van der Waals surface area contributed by atoms with Gasteiger partial charge in [0.1, 0.15) is 0 Å². The van der Waals surface area contributed by atoms with E-state index in [2.05, 4.69) is 10.1 Å². The van der Waals surface area contributed by atoms with Gasteiger partial charge in [-0.3, -0.25) is 4.90 Å². The van der Waals surface area contributed by atoms with Gasteiger partial charge in [-0.1, -0.05) is 5.16 Å². The molecule has 0 spiro atoms. The second-order valence-corrected chi connectivity index (χ2v) is 6.42. The van der Waals surface area contributed by atoms with E-state index in [1.54, 1.807) is 0 Å². The summed E-state index contributed by atoms with van der Waals surface area (Å²) in [6.07, 6.45) is 1.24. The highest BCUT2D eigenvalue weighted by Crippen LogP contribution is 2.18. The number of oxime groups is 1. The van der Waals surface area contributed by atoms with Crippen LogP contribution in [0.2, 0.25) is 0 Å². The number of sulfonamides is 1. The summed E-state index contributed by atoms with van der Waals surface area (Å²) in [4.78, 5) is 5.46. The molecule has 21 heavy (non-hydrogen) atoms. The zero-order valence-corrected chi connectivity index (χ0v) is 12.0. The maximum absolute atomic E-state index is 13.6. The molecule has 0 saturated carbocycles. The molecule has 1 aromatic rings. The number of halogens is 1. The van der Waals surface area contributed by atoms with Crippen molar-refractivity contribution in [3.05, 3.63) is 24.1 Å². The van der Waals surface area contributed by atoms with Crippen LogP contribution in [-0.2, 0) is 10.0 Å². The minimum absolute atomic E-state index is 0.0575. The molecule has 8 nitrogen and oxygen atoms in total. The van der Waals surface area contributed by atoms with Gasteiger partial charge >= 0.3 is 0 Å². The summed E-state index contributed by atoms with van der Waals surface area (Å²) in [5, 5.41) is 10.8. The zero-order chi connectivity index (χ0) is 15.5. The molecule has 0 radical (unpaired) electrons. The normalized spacial score (nSPS) is 18.8. The second-order valence-electron chi connectivity index (χ2n) is 4.56. The van der Waals surface area contributed by atoms with Crippen molar-refractivity contribution in [1.82, 2.24) is 14.2 Å². The number of aromatic nitrogens is 1. The van der Waals surface area contributed by atoms with Crippen molar-refractivity contribution < 1.29 is 18.0 Å². The molecule has 116 valence electrons. The lowest BCUT2D eigenvalue weighted by molar-refractivity contribution is 0.206. The molecule has 1 fully saturated rings. The quantitative estimate of drug-likeness (QED) is 0.328. The van der Waals surface area contributed by atoms with E-state index in [0.717, 1.165) is 6.07 Å². The van der Waals surface area contributed by atoms with Gasteiger partial charge in [-0.05, 0) is 12.1 Å². The molecular weight excluding hydrogens is 301 g/mol. The van der Waals surface area contributed by atoms with Gasteiger partial charge in [-0.25, -0.2) is 17.8 Å². The van der Waals surface area contributed by atoms with E-state index in [4.69, 9.17) is 10.9 Å². The van der Waals surface area contributed by atoms with Crippen molar-refractivity contribution in [3.63, 3.8) is 0 Å². The van der Waals surface area contributed by atoms with Gasteiger partial charge in [0.15, 0.2) is 11.7 Å². The van der Waals surface area contributed by atoms with Crippen LogP contribution < -0.4 is 5.73 Å². The van der Waals surface area contributed by atoms with Crippen LogP contribution >= 0.6 is 0 Å². The Bertz CT molecular complexity index is 629. The van der Waals surface area contributed by atoms with Crippen molar-refractivity contribution >= 4 is 15.9 Å². The maximum atomic E-state index is 13.6. The number of amidine groups is 1. The first-order valence-corrected chi connectivity index (χ1v) is 7.68. The fourth-order valence-corrected chi connectivity index (χ4v) is 3.47. The third kappa shape index (κ3) is 3.46. The molecule has 0 aromatic carbocycles. The van der Waals surface area contributed by atoms with Crippen LogP contribution in [0.15, 0.2) is 28.5 Å². The lowest BCUT2D eigenvalue weighted by Crippen LogP contribution is -2.50. The van der Waals surface area contributed by atoms with Crippen molar-refractivity contribution in [2.24, 2.45) is 10.9 Å². The van der Waals surface area contributed by atoms with Gasteiger partial charge in [-0.15, -0.1) is 0 Å². The van der Waals surface area contributed by atoms with E-state index in [1.807, 2.05) is 4.90 Å². The summed E-state index contributed by atoms with van der Waals surface area (Å²) < 4.78 is 39.4. The van der Waals surface area contributed by atoms with Crippen LogP contribution in [-0.4, -0.2) is 66.4 Å². The second kappa shape index (κ2) is 6.33. The van der Waals surface area contributed by atoms with Gasteiger partial charge in [0.05, 0.1) is 6.54 Å². The molecule has 0 atom stereocenters. The van der Waals surface area contributed by atoms with Gasteiger partial charge < -0.3 is 10.9 Å². The Kier molecular flexibility index (Phi) is 4.70. The molecule has 3 N–H and O–H groups in total. The van der Waals surface area contributed by atoms with E-state index in [-0.39, 0.29) is 25.5 Å². The number of nitrogens with zero attached hydrogens (tertiary/aromatic N) is 4. The molecule has 0 aliphatic carbocycles. The smallest absolute Gasteiger partial charge is 0.263 e. The van der Waals surface area contributed by atoms with Crippen molar-refractivity contribution in [3.8, 4) is 0 Å². The predicted octanol–water partition coefficient (Wildman–Crippen LogP) is -0.727. The predicted molar refractivity (Wildman–Crippen MR) is 72.8 cm³/mol. The molecule has 1 saturated heterocycles. The van der Waals surface area contributed by atoms with Crippen LogP contribution in [0, 0.1) is 5.82 Å². The Morgan fingerprint density at radius 2 is 2.10 bits per heavy atom. The van der Waals surface area contributed by atoms with Gasteiger partial charge in [0.2, 0.25) is 5.03 Å². The van der Waals surface area contributed by atoms with E-state index in [0.29, 0.717) is 13.1 Å². The maximum Gasteiger partial charge on any atom is 0.263 e. The molecule has 2 rings (SSSR count). The number of rotatable bonds is 4. The Morgan fingerprint density at radius 3 is 2.67 bits per heavy atom. The van der Waals surface area contributed by atoms with Crippen LogP contribution in [0.5, 0.6) is 0 Å². The van der Waals surface area contributed by atoms with E-state index < -0.39 is 20.9 Å². The largest absolute Gasteiger partial charge is 0.409 e. The third-order valence-corrected chi connectivity index (χ3v) is 4.99. The van der Waals surface area contributed by atoms with Crippen LogP contribution in [0.4, 0.5) is 4.39 Å². The van der Waals surface area contributed by atoms with Gasteiger partial charge in [-0.2, -0.15) is 4.31 Å². The minimum atomic E-state index is -3.94. The minimum Gasteiger partial charge on any atom is -0.409 e. The molecule has 1 aromatic heterocycles. The number of piperazine rings is 1. The van der Waals surface area contributed by atoms with Crippen molar-refractivity contribution in [2.75, 3.05) is 32.7 Å². The molecule has 1 aliphatic rings.